The number of amides is 3. The molecule has 0 bridgehead atoms. The van der Waals surface area contributed by atoms with E-state index in [-0.39, 0.29) is 6.61 Å². The third-order valence-electron chi connectivity index (χ3n) is 9.64. The van der Waals surface area contributed by atoms with Gasteiger partial charge in [0, 0.05) is 27.9 Å². The number of aliphatic hydroxyl groups excluding tert-OH is 9. The van der Waals surface area contributed by atoms with Crippen LogP contribution in [-0.4, -0.2) is 220 Å². The highest BCUT2D eigenvalue weighted by molar-refractivity contribution is 5.74. The maximum Gasteiger partial charge on any atom is 0.217 e. The van der Waals surface area contributed by atoms with Crippen molar-refractivity contribution in [2.75, 3.05) is 33.5 Å². The summed E-state index contributed by atoms with van der Waals surface area (Å²) in [6.45, 7) is 0.596. The van der Waals surface area contributed by atoms with Crippen molar-refractivity contribution in [1.29, 1.82) is 0 Å². The number of rotatable bonds is 14. The van der Waals surface area contributed by atoms with Crippen molar-refractivity contribution in [2.45, 2.75) is 143 Å². The standard InChI is InChI=1S/C31H54N4O20/c1-9(39)33-17-22(44)25(12(5-36)49-28(17)47)54-30-19(35-11(3)41)24(46)27(14(7-38)51-30)55-31-18(34-10(2)40)23(45)26(13(6-37)50-31)53-29-16(32)21(43)20(42)15(52-29)8-48-4/h12-31,36-38,42-47H,5-8,32H2,1-4H3,(H,33,39)(H,34,40)(H,35,41)/t12-,13-,14-,15-,16-,17-,18-,19-,20-,21-,22-,23-,24-,25-,26-,27-,28?,29+,30+,31+/m1/s1. The molecule has 55 heavy (non-hydrogen) atoms. The summed E-state index contributed by atoms with van der Waals surface area (Å²) in [7, 11) is 1.33. The molecule has 4 heterocycles. The fourth-order valence-corrected chi connectivity index (χ4v) is 6.96. The zero-order valence-electron chi connectivity index (χ0n) is 30.5. The number of hydrogen-bond acceptors (Lipinski definition) is 21. The molecule has 14 N–H and O–H groups in total. The van der Waals surface area contributed by atoms with E-state index in [1.165, 1.54) is 7.11 Å². The van der Waals surface area contributed by atoms with Crippen LogP contribution < -0.4 is 21.7 Å². The molecule has 4 aliphatic heterocycles. The van der Waals surface area contributed by atoms with E-state index in [4.69, 9.17) is 43.6 Å². The van der Waals surface area contributed by atoms with Gasteiger partial charge in [-0.25, -0.2) is 0 Å². The summed E-state index contributed by atoms with van der Waals surface area (Å²) >= 11 is 0. The van der Waals surface area contributed by atoms with Crippen LogP contribution in [0.2, 0.25) is 0 Å². The molecule has 24 heteroatoms. The van der Waals surface area contributed by atoms with Crippen LogP contribution >= 0.6 is 0 Å². The lowest BCUT2D eigenvalue weighted by molar-refractivity contribution is -0.361. The lowest BCUT2D eigenvalue weighted by atomic mass is 9.93. The largest absolute Gasteiger partial charge is 0.394 e. The highest BCUT2D eigenvalue weighted by Gasteiger charge is 2.56. The zero-order chi connectivity index (χ0) is 40.9. The van der Waals surface area contributed by atoms with Gasteiger partial charge in [-0.2, -0.15) is 0 Å². The summed E-state index contributed by atoms with van der Waals surface area (Å²) in [5.41, 5.74) is 6.06. The fourth-order valence-electron chi connectivity index (χ4n) is 6.96. The molecule has 4 fully saturated rings. The summed E-state index contributed by atoms with van der Waals surface area (Å²) in [4.78, 5) is 36.4. The van der Waals surface area contributed by atoms with E-state index < -0.39 is 160 Å². The van der Waals surface area contributed by atoms with Crippen molar-refractivity contribution in [3.8, 4) is 0 Å². The zero-order valence-corrected chi connectivity index (χ0v) is 30.5. The second-order valence-corrected chi connectivity index (χ2v) is 13.7. The van der Waals surface area contributed by atoms with Crippen LogP contribution in [0.4, 0.5) is 0 Å². The SMILES string of the molecule is COC[C@H]1O[C@@H](O[C@H]2[C@H](O)[C@@H](NC(C)=O)[C@H](O[C@H]3[C@H](O)[C@@H](NC(C)=O)[C@H](O[C@H]4[C@H](O)[C@@H](NC(C)=O)C(O)O[C@@H]4CO)O[C@@H]3CO)O[C@@H]2CO)[C@H](N)[C@@H](O)[C@@H]1O. The summed E-state index contributed by atoms with van der Waals surface area (Å²) in [5, 5.41) is 103. The highest BCUT2D eigenvalue weighted by Crippen LogP contribution is 2.34. The predicted octanol–water partition coefficient (Wildman–Crippen LogP) is -8.70. The van der Waals surface area contributed by atoms with E-state index in [1.807, 2.05) is 0 Å². The van der Waals surface area contributed by atoms with Crippen LogP contribution in [0.15, 0.2) is 0 Å². The average molecular weight is 803 g/mol. The molecule has 4 aliphatic rings. The molecule has 20 atom stereocenters. The van der Waals surface area contributed by atoms with Crippen molar-refractivity contribution >= 4 is 17.7 Å². The van der Waals surface area contributed by atoms with Gasteiger partial charge in [-0.15, -0.1) is 0 Å². The number of hydrogen-bond donors (Lipinski definition) is 13. The second kappa shape index (κ2) is 19.9. The van der Waals surface area contributed by atoms with Gasteiger partial charge >= 0.3 is 0 Å². The summed E-state index contributed by atoms with van der Waals surface area (Å²) < 4.78 is 45.7. The van der Waals surface area contributed by atoms with E-state index in [9.17, 15) is 60.3 Å². The predicted molar refractivity (Wildman–Crippen MR) is 175 cm³/mol. The van der Waals surface area contributed by atoms with Crippen LogP contribution in [0.5, 0.6) is 0 Å². The Morgan fingerprint density at radius 2 is 0.909 bits per heavy atom. The minimum absolute atomic E-state index is 0.177. The molecule has 4 saturated heterocycles. The summed E-state index contributed by atoms with van der Waals surface area (Å²) in [6.07, 6.45) is -25.4. The first-order valence-electron chi connectivity index (χ1n) is 17.5. The molecule has 0 spiro atoms. The monoisotopic (exact) mass is 802 g/mol. The minimum Gasteiger partial charge on any atom is -0.394 e. The third-order valence-corrected chi connectivity index (χ3v) is 9.64. The second-order valence-electron chi connectivity index (χ2n) is 13.7. The van der Waals surface area contributed by atoms with Crippen molar-refractivity contribution in [3.63, 3.8) is 0 Å². The number of methoxy groups -OCH3 is 1. The molecule has 0 aromatic heterocycles. The number of nitrogens with one attached hydrogen (secondary N) is 3. The Morgan fingerprint density at radius 3 is 1.31 bits per heavy atom. The summed E-state index contributed by atoms with van der Waals surface area (Å²) in [5.74, 6) is -2.07. The molecule has 0 saturated carbocycles. The van der Waals surface area contributed by atoms with Crippen LogP contribution in [-0.2, 0) is 52.3 Å². The molecule has 0 aromatic carbocycles. The van der Waals surface area contributed by atoms with Gasteiger partial charge in [0.25, 0.3) is 0 Å². The van der Waals surface area contributed by atoms with E-state index in [0.29, 0.717) is 0 Å². The number of ether oxygens (including phenoxy) is 8. The van der Waals surface area contributed by atoms with Crippen molar-refractivity contribution in [2.24, 2.45) is 5.73 Å². The Hall–Kier alpha value is -2.31. The van der Waals surface area contributed by atoms with Crippen LogP contribution in [0.1, 0.15) is 20.8 Å². The van der Waals surface area contributed by atoms with Gasteiger partial charge in [0.15, 0.2) is 25.2 Å². The lowest BCUT2D eigenvalue weighted by Gasteiger charge is -2.50. The maximum atomic E-state index is 12.4. The molecule has 318 valence electrons. The molecule has 0 aliphatic carbocycles. The molecule has 0 aromatic rings. The average Bonchev–Trinajstić information content (AvgIpc) is 3.13. The van der Waals surface area contributed by atoms with E-state index in [1.54, 1.807) is 0 Å². The first-order chi connectivity index (χ1) is 26.0. The smallest absolute Gasteiger partial charge is 0.217 e. The number of carbonyl (C=O) groups excluding carboxylic acids is 3. The van der Waals surface area contributed by atoms with Gasteiger partial charge < -0.3 is 106 Å². The van der Waals surface area contributed by atoms with Gasteiger partial charge in [-0.3, -0.25) is 14.4 Å². The van der Waals surface area contributed by atoms with E-state index >= 15 is 0 Å². The molecular weight excluding hydrogens is 748 g/mol. The number of carbonyl (C=O) groups is 3. The van der Waals surface area contributed by atoms with Gasteiger partial charge in [0.1, 0.15) is 91.4 Å². The molecule has 24 nitrogen and oxygen atoms in total. The Labute approximate surface area is 314 Å². The number of nitrogens with two attached hydrogens (primary N) is 1. The Morgan fingerprint density at radius 1 is 0.545 bits per heavy atom. The van der Waals surface area contributed by atoms with Gasteiger partial charge in [0.2, 0.25) is 17.7 Å². The third kappa shape index (κ3) is 10.4. The lowest BCUT2D eigenvalue weighted by Crippen LogP contribution is -2.71. The fraction of sp³-hybridized carbons (Fsp3) is 0.903. The Kier molecular flexibility index (Phi) is 16.4. The van der Waals surface area contributed by atoms with Gasteiger partial charge in [-0.05, 0) is 0 Å². The van der Waals surface area contributed by atoms with Crippen molar-refractivity contribution < 1.29 is 98.2 Å². The van der Waals surface area contributed by atoms with Crippen LogP contribution in [0.3, 0.4) is 0 Å². The first-order valence-corrected chi connectivity index (χ1v) is 17.5. The van der Waals surface area contributed by atoms with Crippen molar-refractivity contribution in [3.05, 3.63) is 0 Å². The maximum absolute atomic E-state index is 12.4. The normalized spacial score (nSPS) is 45.1. The Balaban J connectivity index is 1.59. The first kappa shape index (κ1) is 45.4. The molecule has 4 rings (SSSR count). The highest BCUT2D eigenvalue weighted by atomic mass is 16.8. The van der Waals surface area contributed by atoms with Crippen LogP contribution in [0, 0.1) is 0 Å². The molecular formula is C31H54N4O20. The van der Waals surface area contributed by atoms with Crippen molar-refractivity contribution in [1.82, 2.24) is 16.0 Å². The van der Waals surface area contributed by atoms with E-state index in [2.05, 4.69) is 16.0 Å². The Bertz CT molecular complexity index is 1270. The quantitative estimate of drug-likeness (QED) is 0.0775. The molecule has 0 radical (unpaired) electrons. The van der Waals surface area contributed by atoms with E-state index in [0.717, 1.165) is 20.8 Å². The molecule has 3 amide bonds. The minimum atomic E-state index is -1.86. The van der Waals surface area contributed by atoms with Gasteiger partial charge in [-0.1, -0.05) is 0 Å². The molecule has 1 unspecified atom stereocenters. The summed E-state index contributed by atoms with van der Waals surface area (Å²) in [6, 6.07) is -5.91. The number of aliphatic hydroxyl groups is 9. The van der Waals surface area contributed by atoms with Gasteiger partial charge in [0.05, 0.1) is 32.5 Å². The van der Waals surface area contributed by atoms with Crippen LogP contribution in [0.25, 0.3) is 0 Å². The topological polar surface area (TPSA) is 369 Å².